The van der Waals surface area contributed by atoms with E-state index in [-0.39, 0.29) is 29.8 Å². The van der Waals surface area contributed by atoms with E-state index in [1.165, 1.54) is 36.0 Å². The summed E-state index contributed by atoms with van der Waals surface area (Å²) in [6.07, 6.45) is 0.0795. The van der Waals surface area contributed by atoms with Gasteiger partial charge in [0.1, 0.15) is 11.6 Å². The van der Waals surface area contributed by atoms with Crippen LogP contribution in [0.15, 0.2) is 47.6 Å². The standard InChI is InChI=1S/C22H24FN5O2S/c1-4-28-19(12-20(29)25-18-8-5-14(2)15(3)11-18)26-27-22(28)31-13-21(30)24-17-9-6-16(23)7-10-17/h5-11H,4,12-13H2,1-3H3,(H,24,30)(H,25,29). The minimum atomic E-state index is -0.363. The number of carbonyl (C=O) groups excluding carboxylic acids is 2. The highest BCUT2D eigenvalue weighted by Crippen LogP contribution is 2.19. The summed E-state index contributed by atoms with van der Waals surface area (Å²) in [7, 11) is 0. The zero-order valence-electron chi connectivity index (χ0n) is 17.6. The number of nitrogens with one attached hydrogen (secondary N) is 2. The van der Waals surface area contributed by atoms with Crippen LogP contribution in [0.25, 0.3) is 0 Å². The van der Waals surface area contributed by atoms with Crippen LogP contribution >= 0.6 is 11.8 Å². The Morgan fingerprint density at radius 3 is 2.32 bits per heavy atom. The number of aromatic nitrogens is 3. The summed E-state index contributed by atoms with van der Waals surface area (Å²) in [5.41, 5.74) is 3.52. The van der Waals surface area contributed by atoms with E-state index in [1.54, 1.807) is 0 Å². The van der Waals surface area contributed by atoms with Gasteiger partial charge >= 0.3 is 0 Å². The van der Waals surface area contributed by atoms with Crippen molar-refractivity contribution in [1.29, 1.82) is 0 Å². The average molecular weight is 442 g/mol. The summed E-state index contributed by atoms with van der Waals surface area (Å²) in [6.45, 7) is 6.51. The summed E-state index contributed by atoms with van der Waals surface area (Å²) in [6, 6.07) is 11.3. The van der Waals surface area contributed by atoms with Crippen LogP contribution < -0.4 is 10.6 Å². The molecule has 0 aliphatic rings. The lowest BCUT2D eigenvalue weighted by molar-refractivity contribution is -0.116. The quantitative estimate of drug-likeness (QED) is 0.517. The summed E-state index contributed by atoms with van der Waals surface area (Å²) in [5.74, 6) is -0.139. The van der Waals surface area contributed by atoms with E-state index >= 15 is 0 Å². The summed E-state index contributed by atoms with van der Waals surface area (Å²) < 4.78 is 14.8. The average Bonchev–Trinajstić information content (AvgIpc) is 3.12. The number of halogens is 1. The highest BCUT2D eigenvalue weighted by Gasteiger charge is 2.16. The molecule has 0 radical (unpaired) electrons. The minimum Gasteiger partial charge on any atom is -0.326 e. The zero-order chi connectivity index (χ0) is 22.4. The van der Waals surface area contributed by atoms with Crippen LogP contribution in [0.1, 0.15) is 23.9 Å². The predicted molar refractivity (Wildman–Crippen MR) is 120 cm³/mol. The van der Waals surface area contributed by atoms with Crippen molar-refractivity contribution in [3.63, 3.8) is 0 Å². The molecule has 7 nitrogen and oxygen atoms in total. The fourth-order valence-corrected chi connectivity index (χ4v) is 3.72. The molecule has 0 aliphatic heterocycles. The van der Waals surface area contributed by atoms with E-state index < -0.39 is 0 Å². The molecule has 1 aromatic heterocycles. The molecule has 162 valence electrons. The molecule has 0 aliphatic carbocycles. The molecule has 9 heteroatoms. The normalized spacial score (nSPS) is 10.7. The van der Waals surface area contributed by atoms with Crippen LogP contribution in [0, 0.1) is 19.7 Å². The lowest BCUT2D eigenvalue weighted by atomic mass is 10.1. The molecule has 2 aromatic carbocycles. The van der Waals surface area contributed by atoms with Gasteiger partial charge in [0.25, 0.3) is 0 Å². The molecule has 2 N–H and O–H groups in total. The van der Waals surface area contributed by atoms with Gasteiger partial charge in [0.05, 0.1) is 12.2 Å². The second kappa shape index (κ2) is 10.2. The minimum absolute atomic E-state index is 0.0795. The first-order valence-electron chi connectivity index (χ1n) is 9.83. The van der Waals surface area contributed by atoms with Gasteiger partial charge in [0.2, 0.25) is 11.8 Å². The first-order valence-corrected chi connectivity index (χ1v) is 10.8. The number of aryl methyl sites for hydroxylation is 2. The highest BCUT2D eigenvalue weighted by molar-refractivity contribution is 7.99. The first kappa shape index (κ1) is 22.5. The van der Waals surface area contributed by atoms with Crippen LogP contribution in [0.5, 0.6) is 0 Å². The summed E-state index contributed by atoms with van der Waals surface area (Å²) in [4.78, 5) is 24.6. The van der Waals surface area contributed by atoms with E-state index in [4.69, 9.17) is 0 Å². The molecule has 0 saturated carbocycles. The van der Waals surface area contributed by atoms with Gasteiger partial charge in [-0.1, -0.05) is 17.8 Å². The van der Waals surface area contributed by atoms with Gasteiger partial charge in [0.15, 0.2) is 5.16 Å². The number of hydrogen-bond donors (Lipinski definition) is 2. The Hall–Kier alpha value is -3.20. The third kappa shape index (κ3) is 6.14. The molecule has 31 heavy (non-hydrogen) atoms. The van der Waals surface area contributed by atoms with E-state index in [0.29, 0.717) is 23.2 Å². The van der Waals surface area contributed by atoms with Gasteiger partial charge in [0, 0.05) is 17.9 Å². The van der Waals surface area contributed by atoms with Crippen LogP contribution in [0.3, 0.4) is 0 Å². The molecular formula is C22H24FN5O2S. The SMILES string of the molecule is CCn1c(CC(=O)Nc2ccc(C)c(C)c2)nnc1SCC(=O)Nc1ccc(F)cc1. The van der Waals surface area contributed by atoms with E-state index in [1.807, 2.05) is 43.5 Å². The zero-order valence-corrected chi connectivity index (χ0v) is 18.4. The van der Waals surface area contributed by atoms with E-state index in [9.17, 15) is 14.0 Å². The Morgan fingerprint density at radius 2 is 1.65 bits per heavy atom. The maximum Gasteiger partial charge on any atom is 0.234 e. The summed E-state index contributed by atoms with van der Waals surface area (Å²) in [5, 5.41) is 14.4. The Morgan fingerprint density at radius 1 is 0.968 bits per heavy atom. The van der Waals surface area contributed by atoms with Gasteiger partial charge in [-0.2, -0.15) is 0 Å². The number of rotatable bonds is 8. The fourth-order valence-electron chi connectivity index (χ4n) is 2.90. The van der Waals surface area contributed by atoms with Crippen molar-refractivity contribution >= 4 is 35.0 Å². The first-order chi connectivity index (χ1) is 14.9. The topological polar surface area (TPSA) is 88.9 Å². The Labute approximate surface area is 184 Å². The maximum atomic E-state index is 13.0. The van der Waals surface area contributed by atoms with Crippen LogP contribution in [0.2, 0.25) is 0 Å². The van der Waals surface area contributed by atoms with Crippen molar-refractivity contribution in [3.8, 4) is 0 Å². The number of thioether (sulfide) groups is 1. The number of anilines is 2. The van der Waals surface area contributed by atoms with Gasteiger partial charge in [-0.3, -0.25) is 9.59 Å². The number of benzene rings is 2. The molecule has 3 aromatic rings. The van der Waals surface area contributed by atoms with Crippen molar-refractivity contribution in [2.24, 2.45) is 0 Å². The van der Waals surface area contributed by atoms with Gasteiger partial charge < -0.3 is 15.2 Å². The number of nitrogens with zero attached hydrogens (tertiary/aromatic N) is 3. The van der Waals surface area contributed by atoms with Gasteiger partial charge in [-0.25, -0.2) is 4.39 Å². The number of carbonyl (C=O) groups is 2. The lowest BCUT2D eigenvalue weighted by Gasteiger charge is -2.09. The second-order valence-electron chi connectivity index (χ2n) is 7.01. The van der Waals surface area contributed by atoms with Crippen molar-refractivity contribution in [1.82, 2.24) is 14.8 Å². The smallest absolute Gasteiger partial charge is 0.234 e. The van der Waals surface area contributed by atoms with Crippen molar-refractivity contribution in [3.05, 3.63) is 65.2 Å². The van der Waals surface area contributed by atoms with E-state index in [2.05, 4.69) is 20.8 Å². The second-order valence-corrected chi connectivity index (χ2v) is 7.95. The Balaban J connectivity index is 1.58. The maximum absolute atomic E-state index is 13.0. The van der Waals surface area contributed by atoms with Crippen LogP contribution in [-0.2, 0) is 22.6 Å². The molecule has 0 atom stereocenters. The molecule has 3 rings (SSSR count). The molecule has 0 saturated heterocycles. The van der Waals surface area contributed by atoms with Crippen LogP contribution in [-0.4, -0.2) is 32.3 Å². The number of amides is 2. The molecule has 0 fully saturated rings. The molecule has 0 unspecified atom stereocenters. The fraction of sp³-hybridized carbons (Fsp3) is 0.273. The molecule has 0 bridgehead atoms. The van der Waals surface area contributed by atoms with Crippen molar-refractivity contribution in [2.75, 3.05) is 16.4 Å². The predicted octanol–water partition coefficient (Wildman–Crippen LogP) is 3.97. The third-order valence-electron chi connectivity index (χ3n) is 4.68. The molecular weight excluding hydrogens is 417 g/mol. The molecule has 2 amide bonds. The van der Waals surface area contributed by atoms with Crippen molar-refractivity contribution < 1.29 is 14.0 Å². The molecule has 0 spiro atoms. The lowest BCUT2D eigenvalue weighted by Crippen LogP contribution is -2.18. The van der Waals surface area contributed by atoms with Gasteiger partial charge in [-0.15, -0.1) is 10.2 Å². The van der Waals surface area contributed by atoms with E-state index in [0.717, 1.165) is 16.8 Å². The Kier molecular flexibility index (Phi) is 7.41. The van der Waals surface area contributed by atoms with Crippen molar-refractivity contribution in [2.45, 2.75) is 38.9 Å². The summed E-state index contributed by atoms with van der Waals surface area (Å²) >= 11 is 1.23. The largest absolute Gasteiger partial charge is 0.326 e. The highest BCUT2D eigenvalue weighted by atomic mass is 32.2. The van der Waals surface area contributed by atoms with Crippen LogP contribution in [0.4, 0.5) is 15.8 Å². The molecule has 1 heterocycles. The number of hydrogen-bond acceptors (Lipinski definition) is 5. The Bertz CT molecular complexity index is 1080. The van der Waals surface area contributed by atoms with Gasteiger partial charge in [-0.05, 0) is 68.3 Å². The third-order valence-corrected chi connectivity index (χ3v) is 5.65. The monoisotopic (exact) mass is 441 g/mol.